The standard InChI is InChI=1S/C20H23N5O/c1-23-15-8-3-2-7-14(15)22-19(23)16-9-6-12-25(16)20(26)17-13-21-18-10-4-5-11-24(17)18/h2-3,7-8,13,16H,4-6,9-12H2,1H3/t16-/m1/s1. The van der Waals surface area contributed by atoms with E-state index in [4.69, 9.17) is 4.98 Å². The Kier molecular flexibility index (Phi) is 3.58. The lowest BCUT2D eigenvalue weighted by Gasteiger charge is -2.25. The van der Waals surface area contributed by atoms with Gasteiger partial charge in [-0.2, -0.15) is 0 Å². The number of hydrogen-bond donors (Lipinski definition) is 0. The fourth-order valence-electron chi connectivity index (χ4n) is 4.47. The van der Waals surface area contributed by atoms with Crippen LogP contribution in [-0.2, 0) is 20.0 Å². The topological polar surface area (TPSA) is 56.0 Å². The number of rotatable bonds is 2. The molecule has 1 fully saturated rings. The predicted octanol–water partition coefficient (Wildman–Crippen LogP) is 3.08. The summed E-state index contributed by atoms with van der Waals surface area (Å²) in [6.07, 6.45) is 7.01. The van der Waals surface area contributed by atoms with Crippen molar-refractivity contribution >= 4 is 16.9 Å². The third-order valence-corrected chi connectivity index (χ3v) is 5.82. The van der Waals surface area contributed by atoms with Gasteiger partial charge in [-0.15, -0.1) is 0 Å². The Bertz CT molecular complexity index is 985. The van der Waals surface area contributed by atoms with E-state index in [1.165, 1.54) is 0 Å². The normalized spacial score (nSPS) is 19.9. The van der Waals surface area contributed by atoms with Crippen LogP contribution < -0.4 is 0 Å². The number of amides is 1. The van der Waals surface area contributed by atoms with Gasteiger partial charge in [-0.05, 0) is 37.8 Å². The molecule has 0 bridgehead atoms. The second-order valence-corrected chi connectivity index (χ2v) is 7.34. The van der Waals surface area contributed by atoms with Crippen molar-refractivity contribution in [2.75, 3.05) is 6.54 Å². The Balaban J connectivity index is 1.51. The van der Waals surface area contributed by atoms with E-state index in [2.05, 4.69) is 20.2 Å². The second kappa shape index (κ2) is 5.97. The van der Waals surface area contributed by atoms with Crippen LogP contribution in [0, 0.1) is 0 Å². The van der Waals surface area contributed by atoms with Gasteiger partial charge in [0.25, 0.3) is 5.91 Å². The minimum Gasteiger partial charge on any atom is -0.329 e. The lowest BCUT2D eigenvalue weighted by Crippen LogP contribution is -2.33. The number of benzene rings is 1. The molecule has 2 aliphatic heterocycles. The summed E-state index contributed by atoms with van der Waals surface area (Å²) in [5.41, 5.74) is 2.85. The molecule has 0 unspecified atom stereocenters. The molecule has 0 saturated carbocycles. The maximum atomic E-state index is 13.3. The van der Waals surface area contributed by atoms with Gasteiger partial charge in [0.2, 0.25) is 0 Å². The molecule has 0 spiro atoms. The number of carbonyl (C=O) groups excluding carboxylic acids is 1. The van der Waals surface area contributed by atoms with Gasteiger partial charge in [0.1, 0.15) is 17.3 Å². The molecule has 1 amide bonds. The SMILES string of the molecule is Cn1c([C@H]2CCCN2C(=O)c2cnc3n2CCCC3)nc2ccccc21. The molecule has 26 heavy (non-hydrogen) atoms. The lowest BCUT2D eigenvalue weighted by atomic mass is 10.1. The molecule has 0 N–H and O–H groups in total. The van der Waals surface area contributed by atoms with Crippen LogP contribution in [0.5, 0.6) is 0 Å². The van der Waals surface area contributed by atoms with Gasteiger partial charge in [-0.25, -0.2) is 9.97 Å². The summed E-state index contributed by atoms with van der Waals surface area (Å²) >= 11 is 0. The molecule has 4 heterocycles. The molecule has 3 aromatic rings. The van der Waals surface area contributed by atoms with E-state index >= 15 is 0 Å². The van der Waals surface area contributed by atoms with Crippen LogP contribution in [0.25, 0.3) is 11.0 Å². The van der Waals surface area contributed by atoms with E-state index in [9.17, 15) is 4.79 Å². The van der Waals surface area contributed by atoms with Crippen molar-refractivity contribution < 1.29 is 4.79 Å². The highest BCUT2D eigenvalue weighted by Gasteiger charge is 2.35. The number of nitrogens with zero attached hydrogens (tertiary/aromatic N) is 5. The molecular weight excluding hydrogens is 326 g/mol. The van der Waals surface area contributed by atoms with Crippen LogP contribution in [0.15, 0.2) is 30.5 Å². The van der Waals surface area contributed by atoms with Gasteiger partial charge >= 0.3 is 0 Å². The molecule has 1 atom stereocenters. The summed E-state index contributed by atoms with van der Waals surface area (Å²) in [4.78, 5) is 24.7. The number of hydrogen-bond acceptors (Lipinski definition) is 3. The van der Waals surface area contributed by atoms with Gasteiger partial charge in [0.15, 0.2) is 0 Å². The monoisotopic (exact) mass is 349 g/mol. The van der Waals surface area contributed by atoms with Crippen molar-refractivity contribution in [3.05, 3.63) is 47.8 Å². The quantitative estimate of drug-likeness (QED) is 0.714. The number of fused-ring (bicyclic) bond motifs is 2. The number of likely N-dealkylation sites (tertiary alicyclic amines) is 1. The third-order valence-electron chi connectivity index (χ3n) is 5.82. The molecule has 2 aliphatic rings. The average molecular weight is 349 g/mol. The maximum Gasteiger partial charge on any atom is 0.272 e. The van der Waals surface area contributed by atoms with Gasteiger partial charge in [0.05, 0.1) is 23.3 Å². The summed E-state index contributed by atoms with van der Waals surface area (Å²) in [5.74, 6) is 2.13. The highest BCUT2D eigenvalue weighted by atomic mass is 16.2. The van der Waals surface area contributed by atoms with Crippen LogP contribution in [0.2, 0.25) is 0 Å². The molecule has 134 valence electrons. The summed E-state index contributed by atoms with van der Waals surface area (Å²) in [6.45, 7) is 1.69. The van der Waals surface area contributed by atoms with E-state index in [1.54, 1.807) is 6.20 Å². The van der Waals surface area contributed by atoms with Gasteiger partial charge < -0.3 is 14.0 Å². The van der Waals surface area contributed by atoms with Crippen molar-refractivity contribution in [3.63, 3.8) is 0 Å². The molecule has 6 nitrogen and oxygen atoms in total. The van der Waals surface area contributed by atoms with Crippen LogP contribution in [-0.4, -0.2) is 36.5 Å². The second-order valence-electron chi connectivity index (χ2n) is 7.34. The van der Waals surface area contributed by atoms with Crippen LogP contribution in [0.3, 0.4) is 0 Å². The molecular formula is C20H23N5O. The first kappa shape index (κ1) is 15.6. The fraction of sp³-hybridized carbons (Fsp3) is 0.450. The van der Waals surface area contributed by atoms with Gasteiger partial charge in [-0.3, -0.25) is 4.79 Å². The smallest absolute Gasteiger partial charge is 0.272 e. The van der Waals surface area contributed by atoms with Gasteiger partial charge in [0, 0.05) is 26.6 Å². The first-order valence-electron chi connectivity index (χ1n) is 9.51. The zero-order valence-corrected chi connectivity index (χ0v) is 15.1. The van der Waals surface area contributed by atoms with E-state index in [-0.39, 0.29) is 11.9 Å². The molecule has 0 radical (unpaired) electrons. The van der Waals surface area contributed by atoms with Crippen molar-refractivity contribution in [1.29, 1.82) is 0 Å². The van der Waals surface area contributed by atoms with E-state index in [0.29, 0.717) is 0 Å². The number of para-hydroxylation sites is 2. The van der Waals surface area contributed by atoms with E-state index in [0.717, 1.165) is 73.6 Å². The number of aromatic nitrogens is 4. The highest BCUT2D eigenvalue weighted by Crippen LogP contribution is 2.34. The Morgan fingerprint density at radius 2 is 2.04 bits per heavy atom. The number of carbonyl (C=O) groups is 1. The largest absolute Gasteiger partial charge is 0.329 e. The minimum absolute atomic E-state index is 0.0367. The Labute approximate surface area is 152 Å². The van der Waals surface area contributed by atoms with E-state index in [1.807, 2.05) is 30.1 Å². The summed E-state index contributed by atoms with van der Waals surface area (Å²) in [6, 6.07) is 8.20. The van der Waals surface area contributed by atoms with Crippen molar-refractivity contribution in [2.45, 2.75) is 44.7 Å². The van der Waals surface area contributed by atoms with Gasteiger partial charge in [-0.1, -0.05) is 12.1 Å². The van der Waals surface area contributed by atoms with Crippen molar-refractivity contribution in [3.8, 4) is 0 Å². The zero-order valence-electron chi connectivity index (χ0n) is 15.1. The average Bonchev–Trinajstić information content (AvgIpc) is 3.38. The molecule has 0 aliphatic carbocycles. The van der Waals surface area contributed by atoms with Crippen molar-refractivity contribution in [2.24, 2.45) is 7.05 Å². The van der Waals surface area contributed by atoms with E-state index < -0.39 is 0 Å². The van der Waals surface area contributed by atoms with Crippen LogP contribution >= 0.6 is 0 Å². The maximum absolute atomic E-state index is 13.3. The van der Waals surface area contributed by atoms with Crippen LogP contribution in [0.1, 0.15) is 53.9 Å². The molecule has 6 heteroatoms. The zero-order chi connectivity index (χ0) is 17.7. The molecule has 5 rings (SSSR count). The first-order valence-corrected chi connectivity index (χ1v) is 9.51. The van der Waals surface area contributed by atoms with Crippen molar-refractivity contribution in [1.82, 2.24) is 24.0 Å². The molecule has 1 aromatic carbocycles. The molecule has 1 saturated heterocycles. The lowest BCUT2D eigenvalue weighted by molar-refractivity contribution is 0.0716. The Hall–Kier alpha value is -2.63. The summed E-state index contributed by atoms with van der Waals surface area (Å²) < 4.78 is 4.26. The Morgan fingerprint density at radius 1 is 1.15 bits per heavy atom. The highest BCUT2D eigenvalue weighted by molar-refractivity contribution is 5.93. The number of imidazole rings is 2. The summed E-state index contributed by atoms with van der Waals surface area (Å²) in [5, 5.41) is 0. The van der Waals surface area contributed by atoms with Crippen LogP contribution in [0.4, 0.5) is 0 Å². The molecule has 2 aromatic heterocycles. The summed E-state index contributed by atoms with van der Waals surface area (Å²) in [7, 11) is 2.05. The first-order chi connectivity index (χ1) is 12.7. The Morgan fingerprint density at radius 3 is 2.92 bits per heavy atom. The third kappa shape index (κ3) is 2.28. The number of aryl methyl sites for hydroxylation is 2. The minimum atomic E-state index is 0.0367. The fourth-order valence-corrected chi connectivity index (χ4v) is 4.47. The predicted molar refractivity (Wildman–Crippen MR) is 98.9 cm³/mol.